The molecule has 0 aromatic carbocycles. The third kappa shape index (κ3) is 18.7. The van der Waals surface area contributed by atoms with E-state index < -0.39 is 0 Å². The molecule has 11 fully saturated rings. The van der Waals surface area contributed by atoms with Gasteiger partial charge in [-0.15, -0.1) is 0 Å². The Balaban J connectivity index is 0.000000171. The van der Waals surface area contributed by atoms with Gasteiger partial charge in [0.05, 0.1) is 0 Å². The molecule has 0 spiro atoms. The Labute approximate surface area is 343 Å². The Morgan fingerprint density at radius 1 is 0.222 bits per heavy atom. The standard InChI is InChI=1S/2C10H18.2C8H16.C7H14.C6H12.C5H10/c1-7-5-10-4-3-9(7)6-8(10)2;1-7-5-9-3-4-10(7)8(2)6-9;1-7-3-5-8(2)6-4-7;1-7-4-3-5-8(2)6-7;1-6-3-4-7(2)5-6;1-5-3-6(2)4-5;1-4-3-5(4)2/h2*7-10H,3-6H2,1-2H3;2*7-8H,3-6H2,1-2H3;6-7H,3-5H2,1-2H3;5-6H,3-4H2,1-2H3;4-5H,3H2,1-2H3. The van der Waals surface area contributed by atoms with Gasteiger partial charge in [-0.1, -0.05) is 161 Å². The van der Waals surface area contributed by atoms with Gasteiger partial charge in [0.2, 0.25) is 0 Å². The highest BCUT2D eigenvalue weighted by Crippen LogP contribution is 2.48. The van der Waals surface area contributed by atoms with Gasteiger partial charge in [-0.2, -0.15) is 0 Å². The molecule has 0 heterocycles. The van der Waals surface area contributed by atoms with Crippen molar-refractivity contribution in [1.29, 1.82) is 0 Å². The van der Waals surface area contributed by atoms with Crippen LogP contribution < -0.4 is 0 Å². The van der Waals surface area contributed by atoms with Crippen LogP contribution >= 0.6 is 0 Å². The van der Waals surface area contributed by atoms with Gasteiger partial charge in [0, 0.05) is 0 Å². The van der Waals surface area contributed by atoms with E-state index in [4.69, 9.17) is 0 Å². The number of fused-ring (bicyclic) bond motifs is 6. The first-order valence-corrected chi connectivity index (χ1v) is 25.5. The Bertz CT molecular complexity index is 870. The Morgan fingerprint density at radius 2 is 0.556 bits per heavy atom. The average Bonchev–Trinajstić information content (AvgIpc) is 3.61. The van der Waals surface area contributed by atoms with E-state index in [1.165, 1.54) is 135 Å². The molecule has 0 heteroatoms. The van der Waals surface area contributed by atoms with Crippen molar-refractivity contribution in [2.75, 3.05) is 0 Å². The molecular formula is C54H104. The van der Waals surface area contributed by atoms with E-state index in [0.29, 0.717) is 0 Å². The van der Waals surface area contributed by atoms with Crippen LogP contribution in [0.1, 0.15) is 238 Å². The highest BCUT2D eigenvalue weighted by molar-refractivity contribution is 4.89. The van der Waals surface area contributed by atoms with Gasteiger partial charge >= 0.3 is 0 Å². The van der Waals surface area contributed by atoms with Crippen LogP contribution in [-0.2, 0) is 0 Å². The molecule has 0 N–H and O–H groups in total. The zero-order chi connectivity index (χ0) is 39.9. The maximum atomic E-state index is 2.45. The van der Waals surface area contributed by atoms with Crippen molar-refractivity contribution in [2.24, 2.45) is 107 Å². The molecule has 0 radical (unpaired) electrons. The largest absolute Gasteiger partial charge is 0.0625 e. The highest BCUT2D eigenvalue weighted by Gasteiger charge is 2.38. The highest BCUT2D eigenvalue weighted by atomic mass is 14.4. The topological polar surface area (TPSA) is 0 Å². The molecule has 0 amide bonds. The molecule has 54 heavy (non-hydrogen) atoms. The van der Waals surface area contributed by atoms with Crippen LogP contribution in [0, 0.1) is 107 Å². The van der Waals surface area contributed by atoms with E-state index in [1.54, 1.807) is 6.42 Å². The van der Waals surface area contributed by atoms with Crippen molar-refractivity contribution >= 4 is 0 Å². The molecule has 0 aromatic rings. The van der Waals surface area contributed by atoms with E-state index in [0.717, 1.165) is 107 Å². The molecule has 12 atom stereocenters. The van der Waals surface area contributed by atoms with Crippen molar-refractivity contribution in [2.45, 2.75) is 238 Å². The number of hydrogen-bond donors (Lipinski definition) is 0. The van der Waals surface area contributed by atoms with Crippen LogP contribution in [0.5, 0.6) is 0 Å². The number of rotatable bonds is 0. The maximum absolute atomic E-state index is 2.45. The minimum Gasteiger partial charge on any atom is -0.0625 e. The van der Waals surface area contributed by atoms with Gasteiger partial charge in [0.15, 0.2) is 0 Å². The van der Waals surface area contributed by atoms with Crippen LogP contribution in [0.2, 0.25) is 0 Å². The number of hydrogen-bond acceptors (Lipinski definition) is 0. The molecular weight excluding hydrogens is 649 g/mol. The first kappa shape index (κ1) is 48.4. The Kier molecular flexibility index (Phi) is 22.2. The summed E-state index contributed by atoms with van der Waals surface area (Å²) in [5, 5.41) is 0. The Hall–Kier alpha value is 0. The molecule has 11 aliphatic rings. The second-order valence-corrected chi connectivity index (χ2v) is 23.7. The van der Waals surface area contributed by atoms with Gasteiger partial charge in [-0.05, 0) is 184 Å². The van der Waals surface area contributed by atoms with E-state index in [1.807, 2.05) is 0 Å². The maximum Gasteiger partial charge on any atom is -0.0362 e. The van der Waals surface area contributed by atoms with Crippen molar-refractivity contribution < 1.29 is 0 Å². The summed E-state index contributed by atoms with van der Waals surface area (Å²) in [5.74, 6) is 18.9. The van der Waals surface area contributed by atoms with Crippen LogP contribution in [0.3, 0.4) is 0 Å². The second-order valence-electron chi connectivity index (χ2n) is 23.7. The van der Waals surface area contributed by atoms with E-state index >= 15 is 0 Å². The molecule has 11 aliphatic carbocycles. The normalized spacial score (nSPS) is 46.6. The molecule has 11 rings (SSSR count). The van der Waals surface area contributed by atoms with Crippen molar-refractivity contribution in [3.05, 3.63) is 0 Å². The van der Waals surface area contributed by atoms with Gasteiger partial charge in [-0.3, -0.25) is 0 Å². The van der Waals surface area contributed by atoms with Crippen molar-refractivity contribution in [1.82, 2.24) is 0 Å². The summed E-state index contributed by atoms with van der Waals surface area (Å²) >= 11 is 0. The fraction of sp³-hybridized carbons (Fsp3) is 1.00. The SMILES string of the molecule is CC1CC(C)C1.CC1CC1C.CC1CC2CCC1C(C)C2.CC1CC2CCC1CC2C.CC1CCC(C)C1.CC1CCC(C)CC1.CC1CCCC(C)C1. The van der Waals surface area contributed by atoms with Crippen LogP contribution in [0.25, 0.3) is 0 Å². The van der Waals surface area contributed by atoms with E-state index in [-0.39, 0.29) is 0 Å². The van der Waals surface area contributed by atoms with Gasteiger partial charge < -0.3 is 0 Å². The molecule has 320 valence electrons. The lowest BCUT2D eigenvalue weighted by Crippen LogP contribution is -2.35. The van der Waals surface area contributed by atoms with Gasteiger partial charge in [-0.25, -0.2) is 0 Å². The third-order valence-electron chi connectivity index (χ3n) is 17.2. The van der Waals surface area contributed by atoms with Crippen LogP contribution in [-0.4, -0.2) is 0 Å². The zero-order valence-corrected chi connectivity index (χ0v) is 39.9. The lowest BCUT2D eigenvalue weighted by atomic mass is 9.61. The summed E-state index contributed by atoms with van der Waals surface area (Å²) in [4.78, 5) is 0. The summed E-state index contributed by atoms with van der Waals surface area (Å²) in [5.41, 5.74) is 0. The van der Waals surface area contributed by atoms with Crippen molar-refractivity contribution in [3.8, 4) is 0 Å². The molecule has 0 saturated heterocycles. The average molecular weight is 753 g/mol. The molecule has 0 aliphatic heterocycles. The lowest BCUT2D eigenvalue weighted by Gasteiger charge is -2.45. The third-order valence-corrected chi connectivity index (χ3v) is 17.2. The quantitative estimate of drug-likeness (QED) is 0.231. The van der Waals surface area contributed by atoms with E-state index in [2.05, 4.69) is 96.9 Å². The molecule has 11 saturated carbocycles. The first-order valence-electron chi connectivity index (χ1n) is 25.5. The summed E-state index contributed by atoms with van der Waals surface area (Å²) in [6, 6.07) is 0. The minimum absolute atomic E-state index is 1.01. The van der Waals surface area contributed by atoms with Gasteiger partial charge in [0.1, 0.15) is 0 Å². The first-order chi connectivity index (χ1) is 25.5. The van der Waals surface area contributed by atoms with Gasteiger partial charge in [0.25, 0.3) is 0 Å². The summed E-state index contributed by atoms with van der Waals surface area (Å²) in [6.45, 7) is 33.2. The molecule has 0 nitrogen and oxygen atoms in total. The summed E-state index contributed by atoms with van der Waals surface area (Å²) in [7, 11) is 0. The minimum atomic E-state index is 1.01. The molecule has 4 bridgehead atoms. The molecule has 0 aromatic heterocycles. The fourth-order valence-electron chi connectivity index (χ4n) is 12.8. The summed E-state index contributed by atoms with van der Waals surface area (Å²) < 4.78 is 0. The van der Waals surface area contributed by atoms with Crippen LogP contribution in [0.15, 0.2) is 0 Å². The lowest BCUT2D eigenvalue weighted by molar-refractivity contribution is 0.0556. The van der Waals surface area contributed by atoms with Crippen LogP contribution in [0.4, 0.5) is 0 Å². The smallest absolute Gasteiger partial charge is 0.0362 e. The zero-order valence-electron chi connectivity index (χ0n) is 39.9. The summed E-state index contributed by atoms with van der Waals surface area (Å²) in [6.07, 6.45) is 32.9. The fourth-order valence-corrected chi connectivity index (χ4v) is 12.8. The second kappa shape index (κ2) is 24.8. The van der Waals surface area contributed by atoms with E-state index in [9.17, 15) is 0 Å². The monoisotopic (exact) mass is 753 g/mol. The predicted molar refractivity (Wildman–Crippen MR) is 244 cm³/mol. The molecule has 12 unspecified atom stereocenters. The van der Waals surface area contributed by atoms with Crippen molar-refractivity contribution in [3.63, 3.8) is 0 Å². The Morgan fingerprint density at radius 3 is 0.741 bits per heavy atom. The predicted octanol–water partition coefficient (Wildman–Crippen LogP) is 18.0.